The number of rotatable bonds is 3. The molecule has 0 aliphatic carbocycles. The Morgan fingerprint density at radius 3 is 2.42 bits per heavy atom. The van der Waals surface area contributed by atoms with Crippen LogP contribution in [0.25, 0.3) is 0 Å². The number of phenols is 1. The van der Waals surface area contributed by atoms with Crippen LogP contribution in [0.15, 0.2) is 48.5 Å². The maximum atomic E-state index is 12.2. The molecule has 98 valence electrons. The molecule has 0 aliphatic rings. The van der Waals surface area contributed by atoms with Gasteiger partial charge in [0.05, 0.1) is 12.1 Å². The highest BCUT2D eigenvalue weighted by Gasteiger charge is 2.13. The third-order valence-corrected chi connectivity index (χ3v) is 3.79. The molecule has 2 aromatic rings. The number of likely N-dealkylation sites (N-methyl/N-ethyl adjacent to an activating group) is 1. The van der Waals surface area contributed by atoms with E-state index < -0.39 is 0 Å². The van der Waals surface area contributed by atoms with Crippen LogP contribution in [0.1, 0.15) is 5.56 Å². The van der Waals surface area contributed by atoms with Crippen LogP contribution in [0, 0.1) is 3.57 Å². The summed E-state index contributed by atoms with van der Waals surface area (Å²) in [5, 5.41) is 9.22. The van der Waals surface area contributed by atoms with Gasteiger partial charge in [0.2, 0.25) is 5.91 Å². The van der Waals surface area contributed by atoms with E-state index in [1.165, 1.54) is 0 Å². The normalized spacial score (nSPS) is 10.2. The van der Waals surface area contributed by atoms with E-state index in [2.05, 4.69) is 22.6 Å². The summed E-state index contributed by atoms with van der Waals surface area (Å²) >= 11 is 2.22. The molecule has 0 bridgehead atoms. The molecule has 2 rings (SSSR count). The fourth-order valence-corrected chi connectivity index (χ4v) is 2.51. The van der Waals surface area contributed by atoms with Crippen molar-refractivity contribution >= 4 is 34.2 Å². The predicted octanol–water partition coefficient (Wildman–Crippen LogP) is 3.20. The van der Waals surface area contributed by atoms with E-state index in [0.29, 0.717) is 6.42 Å². The molecule has 0 heterocycles. The number of halogens is 1. The quantitative estimate of drug-likeness (QED) is 0.847. The molecule has 0 radical (unpaired) electrons. The van der Waals surface area contributed by atoms with Gasteiger partial charge in [-0.05, 0) is 52.4 Å². The first-order valence-corrected chi connectivity index (χ1v) is 6.95. The Morgan fingerprint density at radius 2 is 1.79 bits per heavy atom. The Morgan fingerprint density at radius 1 is 1.16 bits per heavy atom. The van der Waals surface area contributed by atoms with E-state index in [1.54, 1.807) is 36.2 Å². The fourth-order valence-electron chi connectivity index (χ4n) is 1.77. The van der Waals surface area contributed by atoms with Crippen molar-refractivity contribution in [3.63, 3.8) is 0 Å². The number of carbonyl (C=O) groups excluding carboxylic acids is 1. The Kier molecular flexibility index (Phi) is 4.42. The van der Waals surface area contributed by atoms with Crippen LogP contribution >= 0.6 is 22.6 Å². The summed E-state index contributed by atoms with van der Waals surface area (Å²) in [6.45, 7) is 0. The zero-order chi connectivity index (χ0) is 13.8. The number of amides is 1. The van der Waals surface area contributed by atoms with Crippen molar-refractivity contribution in [1.29, 1.82) is 0 Å². The van der Waals surface area contributed by atoms with Crippen LogP contribution in [0.3, 0.4) is 0 Å². The van der Waals surface area contributed by atoms with Crippen molar-refractivity contribution in [1.82, 2.24) is 0 Å². The van der Waals surface area contributed by atoms with Gasteiger partial charge in [-0.3, -0.25) is 4.79 Å². The van der Waals surface area contributed by atoms with Gasteiger partial charge in [-0.15, -0.1) is 0 Å². The van der Waals surface area contributed by atoms with Crippen LogP contribution in [0.2, 0.25) is 0 Å². The molecular formula is C15H14INO2. The maximum Gasteiger partial charge on any atom is 0.231 e. The molecule has 0 aromatic heterocycles. The molecule has 0 spiro atoms. The van der Waals surface area contributed by atoms with E-state index in [1.807, 2.05) is 24.3 Å². The van der Waals surface area contributed by atoms with Gasteiger partial charge >= 0.3 is 0 Å². The molecule has 1 N–H and O–H groups in total. The molecule has 1 amide bonds. The topological polar surface area (TPSA) is 40.5 Å². The number of para-hydroxylation sites is 1. The smallest absolute Gasteiger partial charge is 0.231 e. The van der Waals surface area contributed by atoms with Gasteiger partial charge in [0.25, 0.3) is 0 Å². The van der Waals surface area contributed by atoms with Crippen LogP contribution < -0.4 is 4.90 Å². The molecule has 0 atom stereocenters. The number of hydrogen-bond donors (Lipinski definition) is 1. The minimum Gasteiger partial charge on any atom is -0.508 e. The van der Waals surface area contributed by atoms with Gasteiger partial charge in [0.15, 0.2) is 0 Å². The first kappa shape index (κ1) is 13.9. The van der Waals surface area contributed by atoms with E-state index in [-0.39, 0.29) is 11.7 Å². The third kappa shape index (κ3) is 3.47. The molecule has 0 saturated carbocycles. The van der Waals surface area contributed by atoms with Gasteiger partial charge in [-0.1, -0.05) is 24.3 Å². The molecule has 0 unspecified atom stereocenters. The number of phenolic OH excluding ortho intramolecular Hbond substituents is 1. The van der Waals surface area contributed by atoms with E-state index >= 15 is 0 Å². The highest BCUT2D eigenvalue weighted by molar-refractivity contribution is 14.1. The highest BCUT2D eigenvalue weighted by Crippen LogP contribution is 2.21. The Labute approximate surface area is 126 Å². The third-order valence-electron chi connectivity index (χ3n) is 2.88. The zero-order valence-electron chi connectivity index (χ0n) is 10.5. The number of benzene rings is 2. The van der Waals surface area contributed by atoms with Gasteiger partial charge in [0, 0.05) is 10.6 Å². The van der Waals surface area contributed by atoms with Crippen molar-refractivity contribution in [2.45, 2.75) is 6.42 Å². The maximum absolute atomic E-state index is 12.2. The van der Waals surface area contributed by atoms with Crippen molar-refractivity contribution in [2.75, 3.05) is 11.9 Å². The summed E-state index contributed by atoms with van der Waals surface area (Å²) in [6.07, 6.45) is 0.321. The molecule has 2 aromatic carbocycles. The van der Waals surface area contributed by atoms with Gasteiger partial charge < -0.3 is 10.0 Å². The van der Waals surface area contributed by atoms with Crippen molar-refractivity contribution < 1.29 is 9.90 Å². The number of anilines is 1. The lowest BCUT2D eigenvalue weighted by atomic mass is 10.1. The summed E-state index contributed by atoms with van der Waals surface area (Å²) in [5.41, 5.74) is 1.80. The van der Waals surface area contributed by atoms with Crippen molar-refractivity contribution in [2.24, 2.45) is 0 Å². The molecule has 0 aliphatic heterocycles. The lowest BCUT2D eigenvalue weighted by molar-refractivity contribution is -0.117. The Hall–Kier alpha value is -1.56. The number of hydrogen-bond acceptors (Lipinski definition) is 2. The summed E-state index contributed by atoms with van der Waals surface area (Å²) < 4.78 is 1.04. The Balaban J connectivity index is 2.12. The second-order valence-electron chi connectivity index (χ2n) is 4.25. The number of nitrogens with zero attached hydrogens (tertiary/aromatic N) is 1. The largest absolute Gasteiger partial charge is 0.508 e. The van der Waals surface area contributed by atoms with Crippen LogP contribution in [0.5, 0.6) is 5.75 Å². The lowest BCUT2D eigenvalue weighted by Gasteiger charge is -2.18. The summed E-state index contributed by atoms with van der Waals surface area (Å²) in [4.78, 5) is 13.9. The Bertz CT molecular complexity index is 581. The van der Waals surface area contributed by atoms with Gasteiger partial charge in [0.1, 0.15) is 5.75 Å². The van der Waals surface area contributed by atoms with Crippen LogP contribution in [0.4, 0.5) is 5.69 Å². The van der Waals surface area contributed by atoms with E-state index in [0.717, 1.165) is 14.8 Å². The second-order valence-corrected chi connectivity index (χ2v) is 5.41. The second kappa shape index (κ2) is 6.06. The lowest BCUT2D eigenvalue weighted by Crippen LogP contribution is -2.28. The standard InChI is InChI=1S/C15H14INO2/c1-17(14-5-3-2-4-13(14)16)15(19)10-11-6-8-12(18)9-7-11/h2-9,18H,10H2,1H3. The average Bonchev–Trinajstić information content (AvgIpc) is 2.41. The molecular weight excluding hydrogens is 353 g/mol. The first-order chi connectivity index (χ1) is 9.08. The summed E-state index contributed by atoms with van der Waals surface area (Å²) in [5.74, 6) is 0.233. The monoisotopic (exact) mass is 367 g/mol. The summed E-state index contributed by atoms with van der Waals surface area (Å²) in [7, 11) is 1.78. The van der Waals surface area contributed by atoms with E-state index in [9.17, 15) is 9.90 Å². The van der Waals surface area contributed by atoms with Crippen LogP contribution in [-0.4, -0.2) is 18.1 Å². The fraction of sp³-hybridized carbons (Fsp3) is 0.133. The molecule has 3 nitrogen and oxygen atoms in total. The highest BCUT2D eigenvalue weighted by atomic mass is 127. The minimum atomic E-state index is 0.0230. The van der Waals surface area contributed by atoms with Gasteiger partial charge in [-0.2, -0.15) is 0 Å². The van der Waals surface area contributed by atoms with E-state index in [4.69, 9.17) is 0 Å². The van der Waals surface area contributed by atoms with Gasteiger partial charge in [-0.25, -0.2) is 0 Å². The number of aromatic hydroxyl groups is 1. The number of carbonyl (C=O) groups is 1. The first-order valence-electron chi connectivity index (χ1n) is 5.87. The predicted molar refractivity (Wildman–Crippen MR) is 84.4 cm³/mol. The minimum absolute atomic E-state index is 0.0230. The zero-order valence-corrected chi connectivity index (χ0v) is 12.7. The van der Waals surface area contributed by atoms with Crippen LogP contribution in [-0.2, 0) is 11.2 Å². The summed E-state index contributed by atoms with van der Waals surface area (Å²) in [6, 6.07) is 14.5. The van der Waals surface area contributed by atoms with Crippen molar-refractivity contribution in [3.8, 4) is 5.75 Å². The average molecular weight is 367 g/mol. The molecule has 19 heavy (non-hydrogen) atoms. The SMILES string of the molecule is CN(C(=O)Cc1ccc(O)cc1)c1ccccc1I. The molecule has 0 saturated heterocycles. The molecule has 4 heteroatoms. The molecule has 0 fully saturated rings. The van der Waals surface area contributed by atoms with Crippen molar-refractivity contribution in [3.05, 3.63) is 57.7 Å².